The number of benzene rings is 5. The van der Waals surface area contributed by atoms with E-state index in [0.717, 1.165) is 72.1 Å². The van der Waals surface area contributed by atoms with E-state index in [-0.39, 0.29) is 11.1 Å². The molecule has 1 aliphatic rings. The van der Waals surface area contributed by atoms with Crippen molar-refractivity contribution in [3.05, 3.63) is 95.3 Å². The van der Waals surface area contributed by atoms with Crippen LogP contribution in [0.25, 0.3) is 44.0 Å². The van der Waals surface area contributed by atoms with Gasteiger partial charge in [0.1, 0.15) is 11.5 Å². The van der Waals surface area contributed by atoms with Gasteiger partial charge in [-0.25, -0.2) is 27.9 Å². The van der Waals surface area contributed by atoms with Crippen molar-refractivity contribution in [1.29, 1.82) is 0 Å². The molecule has 1 aliphatic heterocycles. The van der Waals surface area contributed by atoms with E-state index >= 15 is 0 Å². The third-order valence-corrected chi connectivity index (χ3v) is 8.53. The largest absolute Gasteiger partial charge is 0.456 e. The number of anilines is 1. The van der Waals surface area contributed by atoms with Crippen LogP contribution in [-0.2, 0) is 0 Å². The highest BCUT2D eigenvalue weighted by atomic mass is 19.2. The molecule has 6 aromatic rings. The summed E-state index contributed by atoms with van der Waals surface area (Å²) in [6, 6.07) is 17.9. The predicted molar refractivity (Wildman–Crippen MR) is 173 cm³/mol. The van der Waals surface area contributed by atoms with Gasteiger partial charge >= 0.3 is 5.97 Å². The second kappa shape index (κ2) is 12.4. The number of halogens is 5. The third-order valence-electron chi connectivity index (χ3n) is 8.53. The zero-order valence-electron chi connectivity index (χ0n) is 26.0. The fourth-order valence-corrected chi connectivity index (χ4v) is 6.03. The summed E-state index contributed by atoms with van der Waals surface area (Å²) >= 11 is 0. The van der Waals surface area contributed by atoms with Crippen LogP contribution in [0.15, 0.2) is 60.7 Å². The van der Waals surface area contributed by atoms with E-state index in [4.69, 9.17) is 14.7 Å². The number of unbranched alkanes of at least 4 members (excludes halogenated alkanes) is 2. The zero-order valence-corrected chi connectivity index (χ0v) is 26.0. The van der Waals surface area contributed by atoms with E-state index in [2.05, 4.69) is 41.7 Å². The molecule has 48 heavy (non-hydrogen) atoms. The number of carbonyl (C=O) groups is 1. The Balaban J connectivity index is 1.29. The van der Waals surface area contributed by atoms with Gasteiger partial charge in [0, 0.05) is 41.2 Å². The summed E-state index contributed by atoms with van der Waals surface area (Å²) in [4.78, 5) is 24.8. The average molecular weight is 658 g/mol. The van der Waals surface area contributed by atoms with Crippen LogP contribution >= 0.6 is 0 Å². The van der Waals surface area contributed by atoms with E-state index in [1.165, 1.54) is 18.2 Å². The molecule has 0 saturated heterocycles. The van der Waals surface area contributed by atoms with Gasteiger partial charge in [0.15, 0.2) is 0 Å². The molecule has 244 valence electrons. The number of fused-ring (bicyclic) bond motifs is 5. The van der Waals surface area contributed by atoms with Crippen molar-refractivity contribution in [3.63, 3.8) is 0 Å². The van der Waals surface area contributed by atoms with Gasteiger partial charge in [-0.15, -0.1) is 0 Å². The molecule has 0 unspecified atom stereocenters. The number of esters is 1. The summed E-state index contributed by atoms with van der Waals surface area (Å²) in [7, 11) is 0. The van der Waals surface area contributed by atoms with E-state index in [1.54, 1.807) is 0 Å². The molecule has 0 spiro atoms. The lowest BCUT2D eigenvalue weighted by molar-refractivity contribution is 0.0716. The lowest BCUT2D eigenvalue weighted by Gasteiger charge is -2.27. The second-order valence-corrected chi connectivity index (χ2v) is 11.7. The number of carbonyl (C=O) groups excluding carboxylic acids is 1. The minimum atomic E-state index is -2.36. The molecule has 5 aromatic carbocycles. The molecule has 2 heterocycles. The Hall–Kier alpha value is -5.32. The Labute approximate surface area is 271 Å². The quantitative estimate of drug-likeness (QED) is 0.0293. The summed E-state index contributed by atoms with van der Waals surface area (Å²) in [5.74, 6) is -12.9. The Bertz CT molecular complexity index is 2240. The van der Waals surface area contributed by atoms with Crippen LogP contribution < -0.4 is 14.4 Å². The minimum Gasteiger partial charge on any atom is -0.456 e. The minimum absolute atomic E-state index is 0.234. The van der Waals surface area contributed by atoms with Gasteiger partial charge < -0.3 is 14.4 Å². The Morgan fingerprint density at radius 1 is 0.729 bits per heavy atom. The van der Waals surface area contributed by atoms with Gasteiger partial charge in [-0.1, -0.05) is 38.8 Å². The Kier molecular flexibility index (Phi) is 8.06. The number of aromatic nitrogens is 2. The molecule has 11 heteroatoms. The fraction of sp³-hybridized carbons (Fsp3) is 0.216. The maximum Gasteiger partial charge on any atom is 0.343 e. The number of rotatable bonds is 9. The number of hydrogen-bond donors (Lipinski definition) is 0. The topological polar surface area (TPSA) is 64.5 Å². The molecule has 7 rings (SSSR count). The average Bonchev–Trinajstić information content (AvgIpc) is 3.10. The predicted octanol–water partition coefficient (Wildman–Crippen LogP) is 10.0. The molecule has 1 aromatic heterocycles. The molecule has 0 bridgehead atoms. The molecule has 0 atom stereocenters. The van der Waals surface area contributed by atoms with Crippen LogP contribution in [0.3, 0.4) is 0 Å². The normalized spacial score (nSPS) is 12.0. The summed E-state index contributed by atoms with van der Waals surface area (Å²) in [5.41, 5.74) is 4.48. The van der Waals surface area contributed by atoms with Crippen molar-refractivity contribution < 1.29 is 36.2 Å². The first-order valence-electron chi connectivity index (χ1n) is 15.7. The van der Waals surface area contributed by atoms with Crippen LogP contribution in [0.5, 0.6) is 17.2 Å². The van der Waals surface area contributed by atoms with Crippen molar-refractivity contribution in [2.24, 2.45) is 0 Å². The summed E-state index contributed by atoms with van der Waals surface area (Å²) in [5, 5.41) is 1.60. The van der Waals surface area contributed by atoms with Crippen molar-refractivity contribution >= 4 is 44.5 Å². The maximum atomic E-state index is 14.2. The van der Waals surface area contributed by atoms with Crippen LogP contribution in [0.2, 0.25) is 0 Å². The van der Waals surface area contributed by atoms with Crippen LogP contribution in [0.1, 0.15) is 49.9 Å². The van der Waals surface area contributed by atoms with Crippen molar-refractivity contribution in [3.8, 4) is 28.4 Å². The molecule has 0 saturated carbocycles. The van der Waals surface area contributed by atoms with Gasteiger partial charge in [0.05, 0.1) is 27.6 Å². The SMILES string of the molecule is CCCCN(CCCC)c1ccc2c(c1)Oc1cccc3c1c-2cc1nc2ccc(C(=O)Oc4c(F)c(F)c(F)c(F)c4F)cc2nc13. The van der Waals surface area contributed by atoms with Crippen LogP contribution in [0.4, 0.5) is 27.6 Å². The van der Waals surface area contributed by atoms with Crippen LogP contribution in [0, 0.1) is 29.1 Å². The molecular weight excluding hydrogens is 629 g/mol. The lowest BCUT2D eigenvalue weighted by atomic mass is 9.93. The van der Waals surface area contributed by atoms with Gasteiger partial charge in [-0.3, -0.25) is 0 Å². The molecule has 0 amide bonds. The van der Waals surface area contributed by atoms with Crippen molar-refractivity contribution in [2.75, 3.05) is 18.0 Å². The molecule has 6 nitrogen and oxygen atoms in total. The van der Waals surface area contributed by atoms with Crippen LogP contribution in [-0.4, -0.2) is 29.0 Å². The first kappa shape index (κ1) is 31.3. The van der Waals surface area contributed by atoms with E-state index in [9.17, 15) is 26.7 Å². The lowest BCUT2D eigenvalue weighted by Crippen LogP contribution is -2.25. The highest BCUT2D eigenvalue weighted by Gasteiger charge is 2.29. The van der Waals surface area contributed by atoms with Gasteiger partial charge in [-0.2, -0.15) is 8.78 Å². The van der Waals surface area contributed by atoms with E-state index < -0.39 is 40.8 Å². The zero-order chi connectivity index (χ0) is 33.7. The molecule has 0 aliphatic carbocycles. The molecular formula is C37H28F5N3O3. The number of ether oxygens (including phenoxy) is 2. The standard InChI is InChI=1S/C37H28F5N3O3/c1-3-5-14-45(15-6-4-2)20-11-12-21-23-18-26-35(22-8-7-9-27(29(22)23)47-28(21)17-20)44-25-16-19(10-13-24(25)43-26)37(46)48-36-33(41)31(39)30(38)32(40)34(36)42/h7-13,16-18H,3-6,14-15H2,1-2H3. The number of nitrogens with zero attached hydrogens (tertiary/aromatic N) is 3. The van der Waals surface area contributed by atoms with Gasteiger partial charge in [-0.05, 0) is 60.9 Å². The smallest absolute Gasteiger partial charge is 0.343 e. The first-order chi connectivity index (χ1) is 23.2. The van der Waals surface area contributed by atoms with E-state index in [1.807, 2.05) is 24.3 Å². The molecule has 0 N–H and O–H groups in total. The van der Waals surface area contributed by atoms with E-state index in [0.29, 0.717) is 22.3 Å². The maximum absolute atomic E-state index is 14.2. The first-order valence-corrected chi connectivity index (χ1v) is 15.7. The third kappa shape index (κ3) is 5.23. The summed E-state index contributed by atoms with van der Waals surface area (Å²) in [6.07, 6.45) is 4.39. The summed E-state index contributed by atoms with van der Waals surface area (Å²) in [6.45, 7) is 6.29. The Morgan fingerprint density at radius 2 is 1.44 bits per heavy atom. The fourth-order valence-electron chi connectivity index (χ4n) is 6.03. The Morgan fingerprint density at radius 3 is 2.15 bits per heavy atom. The van der Waals surface area contributed by atoms with Gasteiger partial charge in [0.2, 0.25) is 34.8 Å². The monoisotopic (exact) mass is 657 g/mol. The highest BCUT2D eigenvalue weighted by Crippen LogP contribution is 2.49. The molecule has 0 fully saturated rings. The highest BCUT2D eigenvalue weighted by molar-refractivity contribution is 6.16. The molecule has 0 radical (unpaired) electrons. The number of hydrogen-bond acceptors (Lipinski definition) is 6. The van der Waals surface area contributed by atoms with Crippen molar-refractivity contribution in [2.45, 2.75) is 39.5 Å². The van der Waals surface area contributed by atoms with Gasteiger partial charge in [0.25, 0.3) is 0 Å². The summed E-state index contributed by atoms with van der Waals surface area (Å²) < 4.78 is 80.2. The van der Waals surface area contributed by atoms with Crippen molar-refractivity contribution in [1.82, 2.24) is 9.97 Å². The second-order valence-electron chi connectivity index (χ2n) is 11.7.